The van der Waals surface area contributed by atoms with E-state index >= 15 is 0 Å². The molecule has 0 saturated heterocycles. The van der Waals surface area contributed by atoms with Gasteiger partial charge in [0.1, 0.15) is 0 Å². The molecule has 0 saturated carbocycles. The molecule has 1 heterocycles. The van der Waals surface area contributed by atoms with Crippen LogP contribution >= 0.6 is 0 Å². The second-order valence-corrected chi connectivity index (χ2v) is 5.42. The van der Waals surface area contributed by atoms with Crippen molar-refractivity contribution in [3.05, 3.63) is 29.3 Å². The first-order chi connectivity index (χ1) is 8.54. The van der Waals surface area contributed by atoms with Crippen LogP contribution in [0, 0.1) is 5.92 Å². The van der Waals surface area contributed by atoms with Crippen LogP contribution in [0.25, 0.3) is 0 Å². The molecule has 0 spiro atoms. The Morgan fingerprint density at radius 1 is 1.50 bits per heavy atom. The number of hydrogen-bond donors (Lipinski definition) is 1. The van der Waals surface area contributed by atoms with Crippen LogP contribution in [-0.4, -0.2) is 18.5 Å². The summed E-state index contributed by atoms with van der Waals surface area (Å²) < 4.78 is 0. The van der Waals surface area contributed by atoms with E-state index in [4.69, 9.17) is 5.73 Å². The first-order valence-corrected chi connectivity index (χ1v) is 6.69. The maximum absolute atomic E-state index is 12.2. The lowest BCUT2D eigenvalue weighted by Gasteiger charge is -2.24. The van der Waals surface area contributed by atoms with E-state index in [1.807, 2.05) is 18.7 Å². The molecule has 0 aliphatic carbocycles. The number of nitrogens with zero attached hydrogens (tertiary/aromatic N) is 1. The molecule has 0 fully saturated rings. The van der Waals surface area contributed by atoms with E-state index < -0.39 is 0 Å². The normalized spacial score (nSPS) is 18.3. The molecule has 0 radical (unpaired) electrons. The van der Waals surface area contributed by atoms with Gasteiger partial charge in [0.2, 0.25) is 5.91 Å². The Hall–Kier alpha value is -1.35. The highest BCUT2D eigenvalue weighted by Crippen LogP contribution is 2.33. The lowest BCUT2D eigenvalue weighted by Crippen LogP contribution is -2.38. The van der Waals surface area contributed by atoms with Crippen molar-refractivity contribution in [3.8, 4) is 0 Å². The van der Waals surface area contributed by atoms with E-state index in [-0.39, 0.29) is 17.9 Å². The number of carbonyl (C=O) groups is 1. The summed E-state index contributed by atoms with van der Waals surface area (Å²) in [6.45, 7) is 6.69. The zero-order valence-corrected chi connectivity index (χ0v) is 11.4. The van der Waals surface area contributed by atoms with E-state index in [1.54, 1.807) is 0 Å². The molecule has 2 rings (SSSR count). The van der Waals surface area contributed by atoms with E-state index in [2.05, 4.69) is 25.1 Å². The van der Waals surface area contributed by atoms with Crippen molar-refractivity contribution < 1.29 is 4.79 Å². The topological polar surface area (TPSA) is 46.3 Å². The van der Waals surface area contributed by atoms with Gasteiger partial charge in [-0.3, -0.25) is 4.79 Å². The average Bonchev–Trinajstić information content (AvgIpc) is 2.63. The Balaban J connectivity index is 2.32. The molecule has 1 unspecified atom stereocenters. The standard InChI is InChI=1S/C15H22N2O/c1-10(2)15(18)17-11(3)8-13-9-12(6-7-16)4-5-14(13)17/h4-5,9-11H,6-8,16H2,1-3H3. The van der Waals surface area contributed by atoms with Gasteiger partial charge >= 0.3 is 0 Å². The quantitative estimate of drug-likeness (QED) is 0.888. The van der Waals surface area contributed by atoms with E-state index in [9.17, 15) is 4.79 Å². The highest BCUT2D eigenvalue weighted by atomic mass is 16.2. The minimum absolute atomic E-state index is 0.0436. The molecule has 3 nitrogen and oxygen atoms in total. The van der Waals surface area contributed by atoms with Crippen LogP contribution < -0.4 is 10.6 Å². The van der Waals surface area contributed by atoms with Gasteiger partial charge in [0, 0.05) is 17.6 Å². The zero-order valence-electron chi connectivity index (χ0n) is 11.4. The van der Waals surface area contributed by atoms with E-state index in [0.29, 0.717) is 6.54 Å². The van der Waals surface area contributed by atoms with Crippen LogP contribution in [0.2, 0.25) is 0 Å². The fourth-order valence-electron chi connectivity index (χ4n) is 2.62. The van der Waals surface area contributed by atoms with Crippen LogP contribution in [0.5, 0.6) is 0 Å². The van der Waals surface area contributed by atoms with Crippen molar-refractivity contribution in [2.75, 3.05) is 11.4 Å². The minimum Gasteiger partial charge on any atom is -0.330 e. The molecule has 2 N–H and O–H groups in total. The Morgan fingerprint density at radius 2 is 2.22 bits per heavy atom. The number of carbonyl (C=O) groups excluding carboxylic acids is 1. The van der Waals surface area contributed by atoms with Gasteiger partial charge in [-0.25, -0.2) is 0 Å². The number of hydrogen-bond acceptors (Lipinski definition) is 2. The summed E-state index contributed by atoms with van der Waals surface area (Å²) in [5, 5.41) is 0. The van der Waals surface area contributed by atoms with Crippen molar-refractivity contribution in [3.63, 3.8) is 0 Å². The predicted molar refractivity (Wildman–Crippen MR) is 74.7 cm³/mol. The van der Waals surface area contributed by atoms with Gasteiger partial charge in [-0.2, -0.15) is 0 Å². The van der Waals surface area contributed by atoms with Gasteiger partial charge in [0.15, 0.2) is 0 Å². The largest absolute Gasteiger partial charge is 0.330 e. The first-order valence-electron chi connectivity index (χ1n) is 6.69. The fraction of sp³-hybridized carbons (Fsp3) is 0.533. The van der Waals surface area contributed by atoms with Crippen LogP contribution in [0.1, 0.15) is 31.9 Å². The summed E-state index contributed by atoms with van der Waals surface area (Å²) in [7, 11) is 0. The molecule has 18 heavy (non-hydrogen) atoms. The van der Waals surface area contributed by atoms with Gasteiger partial charge < -0.3 is 10.6 Å². The van der Waals surface area contributed by atoms with Gasteiger partial charge in [-0.05, 0) is 43.5 Å². The highest BCUT2D eigenvalue weighted by molar-refractivity contribution is 5.97. The number of amides is 1. The molecule has 1 aliphatic rings. The molecular formula is C15H22N2O. The SMILES string of the molecule is CC(C)C(=O)N1c2ccc(CCN)cc2CC1C. The number of fused-ring (bicyclic) bond motifs is 1. The van der Waals surface area contributed by atoms with Crippen molar-refractivity contribution in [1.29, 1.82) is 0 Å². The molecule has 1 aromatic carbocycles. The maximum Gasteiger partial charge on any atom is 0.229 e. The monoisotopic (exact) mass is 246 g/mol. The second-order valence-electron chi connectivity index (χ2n) is 5.42. The Labute approximate surface area is 109 Å². The summed E-state index contributed by atoms with van der Waals surface area (Å²) in [5.74, 6) is 0.259. The number of benzene rings is 1. The first kappa shape index (κ1) is 13.1. The number of anilines is 1. The fourth-order valence-corrected chi connectivity index (χ4v) is 2.62. The smallest absolute Gasteiger partial charge is 0.229 e. The van der Waals surface area contributed by atoms with Crippen molar-refractivity contribution >= 4 is 11.6 Å². The Bertz CT molecular complexity index is 454. The molecule has 1 atom stereocenters. The van der Waals surface area contributed by atoms with Gasteiger partial charge in [0.05, 0.1) is 0 Å². The molecule has 1 amide bonds. The molecule has 3 heteroatoms. The zero-order chi connectivity index (χ0) is 13.3. The molecule has 0 bridgehead atoms. The summed E-state index contributed by atoms with van der Waals surface area (Å²) >= 11 is 0. The summed E-state index contributed by atoms with van der Waals surface area (Å²) in [6.07, 6.45) is 1.85. The van der Waals surface area contributed by atoms with Gasteiger partial charge in [0.25, 0.3) is 0 Å². The number of rotatable bonds is 3. The molecule has 98 valence electrons. The maximum atomic E-state index is 12.2. The van der Waals surface area contributed by atoms with Crippen LogP contribution in [0.4, 0.5) is 5.69 Å². The summed E-state index contributed by atoms with van der Waals surface area (Å²) in [5.41, 5.74) is 9.21. The van der Waals surface area contributed by atoms with Crippen molar-refractivity contribution in [2.24, 2.45) is 11.7 Å². The molecular weight excluding hydrogens is 224 g/mol. The Kier molecular flexibility index (Phi) is 3.71. The van der Waals surface area contributed by atoms with Crippen LogP contribution in [0.3, 0.4) is 0 Å². The van der Waals surface area contributed by atoms with Crippen LogP contribution in [0.15, 0.2) is 18.2 Å². The van der Waals surface area contributed by atoms with Gasteiger partial charge in [-0.1, -0.05) is 26.0 Å². The lowest BCUT2D eigenvalue weighted by atomic mass is 10.1. The summed E-state index contributed by atoms with van der Waals surface area (Å²) in [6, 6.07) is 6.63. The molecule has 0 aromatic heterocycles. The predicted octanol–water partition coefficient (Wildman–Crippen LogP) is 2.12. The van der Waals surface area contributed by atoms with E-state index in [1.165, 1.54) is 11.1 Å². The third kappa shape index (κ3) is 2.27. The van der Waals surface area contributed by atoms with Crippen molar-refractivity contribution in [1.82, 2.24) is 0 Å². The Morgan fingerprint density at radius 3 is 2.83 bits per heavy atom. The average molecular weight is 246 g/mol. The lowest BCUT2D eigenvalue weighted by molar-refractivity contribution is -0.121. The third-order valence-electron chi connectivity index (χ3n) is 3.52. The summed E-state index contributed by atoms with van der Waals surface area (Å²) in [4.78, 5) is 14.2. The third-order valence-corrected chi connectivity index (χ3v) is 3.52. The minimum atomic E-state index is 0.0436. The molecule has 1 aromatic rings. The number of nitrogens with two attached hydrogens (primary N) is 1. The second kappa shape index (κ2) is 5.11. The van der Waals surface area contributed by atoms with Gasteiger partial charge in [-0.15, -0.1) is 0 Å². The van der Waals surface area contributed by atoms with Crippen molar-refractivity contribution in [2.45, 2.75) is 39.7 Å². The molecule has 1 aliphatic heterocycles. The highest BCUT2D eigenvalue weighted by Gasteiger charge is 2.31. The van der Waals surface area contributed by atoms with E-state index in [0.717, 1.165) is 18.5 Å². The van der Waals surface area contributed by atoms with Crippen LogP contribution in [-0.2, 0) is 17.6 Å².